The van der Waals surface area contributed by atoms with Crippen LogP contribution in [-0.4, -0.2) is 41.6 Å². The van der Waals surface area contributed by atoms with Gasteiger partial charge in [0.2, 0.25) is 5.79 Å². The van der Waals surface area contributed by atoms with Gasteiger partial charge in [0.15, 0.2) is 0 Å². The first-order valence-electron chi connectivity index (χ1n) is 3.68. The van der Waals surface area contributed by atoms with Crippen molar-refractivity contribution in [2.24, 2.45) is 0 Å². The van der Waals surface area contributed by atoms with E-state index in [0.717, 1.165) is 7.11 Å². The first kappa shape index (κ1) is 10.9. The van der Waals surface area contributed by atoms with Gasteiger partial charge in [-0.15, -0.1) is 0 Å². The normalized spacial score (nSPS) is 29.4. The van der Waals surface area contributed by atoms with Crippen molar-refractivity contribution in [3.05, 3.63) is 0 Å². The third-order valence-electron chi connectivity index (χ3n) is 1.78. The van der Waals surface area contributed by atoms with E-state index in [-0.39, 0.29) is 6.61 Å². The molecule has 0 aromatic carbocycles. The quantitative estimate of drug-likeness (QED) is 0.593. The van der Waals surface area contributed by atoms with Crippen molar-refractivity contribution in [2.45, 2.75) is 12.2 Å². The molecule has 1 heterocycles. The molecular weight excluding hydrogens is 200 g/mol. The zero-order chi connectivity index (χ0) is 9.95. The fraction of sp³-hybridized carbons (Fsp3) is 1.00. The molecule has 1 aliphatic rings. The second kappa shape index (κ2) is 3.89. The van der Waals surface area contributed by atoms with Gasteiger partial charge in [-0.1, -0.05) is 0 Å². The van der Waals surface area contributed by atoms with Gasteiger partial charge in [-0.25, -0.2) is 4.18 Å². The standard InChI is InChI=1S/C6H12O6S/c1-9-6(3-4-11-5-6)12-13(7,8)10-2/h3-5H2,1-2H3. The number of hydrogen-bond acceptors (Lipinski definition) is 6. The van der Waals surface area contributed by atoms with E-state index in [0.29, 0.717) is 13.0 Å². The number of hydrogen-bond donors (Lipinski definition) is 0. The summed E-state index contributed by atoms with van der Waals surface area (Å²) >= 11 is 0. The van der Waals surface area contributed by atoms with Crippen molar-refractivity contribution in [3.8, 4) is 0 Å². The molecule has 1 unspecified atom stereocenters. The maximum Gasteiger partial charge on any atom is 0.402 e. The molecule has 6 nitrogen and oxygen atoms in total. The minimum absolute atomic E-state index is 0.0894. The summed E-state index contributed by atoms with van der Waals surface area (Å²) in [4.78, 5) is 0. The summed E-state index contributed by atoms with van der Waals surface area (Å²) < 4.78 is 40.6. The van der Waals surface area contributed by atoms with Crippen molar-refractivity contribution in [3.63, 3.8) is 0 Å². The molecule has 1 atom stereocenters. The molecule has 1 rings (SSSR count). The Hall–Kier alpha value is -0.210. The lowest BCUT2D eigenvalue weighted by molar-refractivity contribution is -0.162. The highest BCUT2D eigenvalue weighted by atomic mass is 32.3. The molecule has 7 heteroatoms. The Morgan fingerprint density at radius 1 is 1.38 bits per heavy atom. The molecule has 1 saturated heterocycles. The third-order valence-corrected chi connectivity index (χ3v) is 2.70. The van der Waals surface area contributed by atoms with Crippen LogP contribution in [0.2, 0.25) is 0 Å². The van der Waals surface area contributed by atoms with Gasteiger partial charge in [0.25, 0.3) is 0 Å². The van der Waals surface area contributed by atoms with Crippen molar-refractivity contribution in [1.29, 1.82) is 0 Å². The van der Waals surface area contributed by atoms with E-state index in [1.54, 1.807) is 0 Å². The Bertz CT molecular complexity index is 252. The second-order valence-corrected chi connectivity index (χ2v) is 3.89. The monoisotopic (exact) mass is 212 g/mol. The summed E-state index contributed by atoms with van der Waals surface area (Å²) in [6.45, 7) is 0.499. The van der Waals surface area contributed by atoms with Crippen molar-refractivity contribution in [1.82, 2.24) is 0 Å². The highest BCUT2D eigenvalue weighted by Crippen LogP contribution is 2.26. The maximum absolute atomic E-state index is 10.9. The first-order valence-corrected chi connectivity index (χ1v) is 5.01. The van der Waals surface area contributed by atoms with E-state index in [9.17, 15) is 8.42 Å². The van der Waals surface area contributed by atoms with Gasteiger partial charge >= 0.3 is 10.4 Å². The average molecular weight is 212 g/mol. The van der Waals surface area contributed by atoms with Gasteiger partial charge in [-0.05, 0) is 0 Å². The summed E-state index contributed by atoms with van der Waals surface area (Å²) in [5.74, 6) is -1.21. The molecular formula is C6H12O6S. The Morgan fingerprint density at radius 3 is 2.46 bits per heavy atom. The van der Waals surface area contributed by atoms with Crippen LogP contribution in [-0.2, 0) is 28.2 Å². The predicted molar refractivity (Wildman–Crippen MR) is 42.2 cm³/mol. The molecule has 0 aromatic rings. The lowest BCUT2D eigenvalue weighted by Crippen LogP contribution is -2.37. The van der Waals surface area contributed by atoms with Crippen LogP contribution in [0.15, 0.2) is 0 Å². The summed E-state index contributed by atoms with van der Waals surface area (Å²) in [6, 6.07) is 0. The first-order chi connectivity index (χ1) is 6.04. The van der Waals surface area contributed by atoms with E-state index in [2.05, 4.69) is 8.37 Å². The molecule has 0 bridgehead atoms. The average Bonchev–Trinajstić information content (AvgIpc) is 2.53. The zero-order valence-corrected chi connectivity index (χ0v) is 8.30. The molecule has 1 aliphatic heterocycles. The molecule has 0 amide bonds. The van der Waals surface area contributed by atoms with Crippen LogP contribution in [0.25, 0.3) is 0 Å². The Balaban J connectivity index is 2.69. The smallest absolute Gasteiger partial charge is 0.376 e. The minimum Gasteiger partial charge on any atom is -0.376 e. The summed E-state index contributed by atoms with van der Waals surface area (Å²) in [5.41, 5.74) is 0. The molecule has 0 aromatic heterocycles. The van der Waals surface area contributed by atoms with E-state index >= 15 is 0 Å². The summed E-state index contributed by atoms with van der Waals surface area (Å²) in [6.07, 6.45) is 0.367. The predicted octanol–water partition coefficient (Wildman–Crippen LogP) is -0.343. The van der Waals surface area contributed by atoms with Crippen LogP contribution < -0.4 is 0 Å². The zero-order valence-electron chi connectivity index (χ0n) is 7.48. The lowest BCUT2D eigenvalue weighted by atomic mass is 10.2. The summed E-state index contributed by atoms with van der Waals surface area (Å²) in [5, 5.41) is 0. The van der Waals surface area contributed by atoms with Crippen LogP contribution in [0.3, 0.4) is 0 Å². The van der Waals surface area contributed by atoms with Crippen LogP contribution >= 0.6 is 0 Å². The largest absolute Gasteiger partial charge is 0.402 e. The third kappa shape index (κ3) is 2.61. The van der Waals surface area contributed by atoms with Crippen molar-refractivity contribution >= 4 is 10.4 Å². The SMILES string of the molecule is COC1(OS(=O)(=O)OC)CCOC1. The number of rotatable bonds is 4. The van der Waals surface area contributed by atoms with Crippen LogP contribution in [0, 0.1) is 0 Å². The van der Waals surface area contributed by atoms with Gasteiger partial charge in [0.1, 0.15) is 6.61 Å². The topological polar surface area (TPSA) is 71.1 Å². The Labute approximate surface area is 77.1 Å². The molecule has 13 heavy (non-hydrogen) atoms. The minimum atomic E-state index is -3.98. The van der Waals surface area contributed by atoms with Crippen LogP contribution in [0.5, 0.6) is 0 Å². The lowest BCUT2D eigenvalue weighted by Gasteiger charge is -2.23. The summed E-state index contributed by atoms with van der Waals surface area (Å²) in [7, 11) is -1.60. The highest BCUT2D eigenvalue weighted by molar-refractivity contribution is 7.81. The van der Waals surface area contributed by atoms with Gasteiger partial charge in [-0.2, -0.15) is 8.42 Å². The number of ether oxygens (including phenoxy) is 2. The van der Waals surface area contributed by atoms with Crippen LogP contribution in [0.4, 0.5) is 0 Å². The van der Waals surface area contributed by atoms with E-state index < -0.39 is 16.2 Å². The van der Waals surface area contributed by atoms with E-state index in [4.69, 9.17) is 9.47 Å². The number of methoxy groups -OCH3 is 1. The Morgan fingerprint density at radius 2 is 2.08 bits per heavy atom. The maximum atomic E-state index is 10.9. The highest BCUT2D eigenvalue weighted by Gasteiger charge is 2.41. The van der Waals surface area contributed by atoms with Crippen molar-refractivity contribution < 1.29 is 26.3 Å². The van der Waals surface area contributed by atoms with E-state index in [1.165, 1.54) is 7.11 Å². The molecule has 0 radical (unpaired) electrons. The van der Waals surface area contributed by atoms with Gasteiger partial charge in [0.05, 0.1) is 13.7 Å². The van der Waals surface area contributed by atoms with Crippen molar-refractivity contribution in [2.75, 3.05) is 27.4 Å². The molecule has 0 saturated carbocycles. The molecule has 0 N–H and O–H groups in total. The fourth-order valence-corrected chi connectivity index (χ4v) is 1.65. The van der Waals surface area contributed by atoms with E-state index in [1.807, 2.05) is 0 Å². The molecule has 1 fully saturated rings. The molecule has 0 spiro atoms. The Kier molecular flexibility index (Phi) is 3.25. The van der Waals surface area contributed by atoms with Gasteiger partial charge in [0, 0.05) is 13.5 Å². The molecule has 0 aliphatic carbocycles. The fourth-order valence-electron chi connectivity index (χ4n) is 1.01. The molecule has 78 valence electrons. The van der Waals surface area contributed by atoms with Crippen LogP contribution in [0.1, 0.15) is 6.42 Å². The van der Waals surface area contributed by atoms with Gasteiger partial charge in [-0.3, -0.25) is 4.18 Å². The van der Waals surface area contributed by atoms with Gasteiger partial charge < -0.3 is 9.47 Å². The second-order valence-electron chi connectivity index (χ2n) is 2.58.